The molecule has 4 rings (SSSR count). The molecule has 1 unspecified atom stereocenters. The second kappa shape index (κ2) is 9.22. The normalized spacial score (nSPS) is 23.7. The molecule has 176 valence electrons. The first kappa shape index (κ1) is 22.8. The van der Waals surface area contributed by atoms with E-state index in [2.05, 4.69) is 30.7 Å². The van der Waals surface area contributed by atoms with Gasteiger partial charge in [-0.1, -0.05) is 6.92 Å². The fourth-order valence-electron chi connectivity index (χ4n) is 4.72. The molecule has 4 N–H and O–H groups in total. The first-order valence-electron chi connectivity index (χ1n) is 11.1. The van der Waals surface area contributed by atoms with Crippen LogP contribution in [0.4, 0.5) is 19.0 Å². The van der Waals surface area contributed by atoms with Crippen LogP contribution in [0.3, 0.4) is 0 Å². The lowest BCUT2D eigenvalue weighted by atomic mass is 9.80. The molecule has 8 nitrogen and oxygen atoms in total. The van der Waals surface area contributed by atoms with E-state index in [1.165, 1.54) is 0 Å². The summed E-state index contributed by atoms with van der Waals surface area (Å²) in [5.74, 6) is 0.329. The molecule has 2 aliphatic rings. The van der Waals surface area contributed by atoms with Crippen LogP contribution in [0.5, 0.6) is 0 Å². The van der Waals surface area contributed by atoms with Gasteiger partial charge in [0.1, 0.15) is 0 Å². The van der Waals surface area contributed by atoms with Crippen molar-refractivity contribution in [2.24, 2.45) is 5.92 Å². The number of nitrogens with zero attached hydrogens (tertiary/aromatic N) is 3. The van der Waals surface area contributed by atoms with E-state index in [1.54, 1.807) is 0 Å². The van der Waals surface area contributed by atoms with Crippen molar-refractivity contribution in [3.05, 3.63) is 17.8 Å². The topological polar surface area (TPSA) is 106 Å². The summed E-state index contributed by atoms with van der Waals surface area (Å²) in [4.78, 5) is 18.4. The van der Waals surface area contributed by atoms with Crippen molar-refractivity contribution < 1.29 is 23.1 Å². The van der Waals surface area contributed by atoms with Gasteiger partial charge in [0.05, 0.1) is 29.6 Å². The number of hydrogen-bond acceptors (Lipinski definition) is 6. The van der Waals surface area contributed by atoms with E-state index in [1.807, 2.05) is 6.92 Å². The number of halogens is 3. The van der Waals surface area contributed by atoms with Gasteiger partial charge in [0, 0.05) is 25.3 Å². The molecule has 2 fully saturated rings. The highest BCUT2D eigenvalue weighted by Gasteiger charge is 2.36. The molecule has 2 aromatic rings. The molecule has 1 saturated heterocycles. The Morgan fingerprint density at radius 1 is 1.31 bits per heavy atom. The number of fused-ring (bicyclic) bond motifs is 1. The van der Waals surface area contributed by atoms with Crippen LogP contribution in [0, 0.1) is 5.92 Å². The summed E-state index contributed by atoms with van der Waals surface area (Å²) in [5, 5.41) is 22.4. The Kier molecular flexibility index (Phi) is 6.57. The van der Waals surface area contributed by atoms with E-state index in [-0.39, 0.29) is 41.4 Å². The van der Waals surface area contributed by atoms with Crippen molar-refractivity contribution in [3.8, 4) is 0 Å². The summed E-state index contributed by atoms with van der Waals surface area (Å²) in [6.45, 7) is 3.51. The molecule has 1 amide bonds. The van der Waals surface area contributed by atoms with Gasteiger partial charge in [-0.25, -0.2) is 4.98 Å². The van der Waals surface area contributed by atoms with Crippen LogP contribution in [0.25, 0.3) is 11.0 Å². The van der Waals surface area contributed by atoms with E-state index in [9.17, 15) is 23.1 Å². The summed E-state index contributed by atoms with van der Waals surface area (Å²) < 4.78 is 38.8. The summed E-state index contributed by atoms with van der Waals surface area (Å²) in [6, 6.07) is 1.54. The van der Waals surface area contributed by atoms with Crippen molar-refractivity contribution in [2.75, 3.05) is 25.0 Å². The predicted octanol–water partition coefficient (Wildman–Crippen LogP) is 2.52. The van der Waals surface area contributed by atoms with Gasteiger partial charge >= 0.3 is 6.18 Å². The lowest BCUT2D eigenvalue weighted by Gasteiger charge is -2.47. The number of alkyl halides is 3. The van der Waals surface area contributed by atoms with Crippen LogP contribution in [-0.4, -0.2) is 68.9 Å². The van der Waals surface area contributed by atoms with Crippen LogP contribution < -0.4 is 10.6 Å². The van der Waals surface area contributed by atoms with Crippen molar-refractivity contribution >= 4 is 22.8 Å². The van der Waals surface area contributed by atoms with E-state index in [4.69, 9.17) is 0 Å². The Morgan fingerprint density at radius 2 is 2.03 bits per heavy atom. The van der Waals surface area contributed by atoms with Gasteiger partial charge in [-0.15, -0.1) is 0 Å². The van der Waals surface area contributed by atoms with Crippen molar-refractivity contribution in [3.63, 3.8) is 0 Å². The number of likely N-dealkylation sites (tertiary alicyclic amines) is 1. The molecule has 1 atom stereocenters. The number of carbonyl (C=O) groups is 1. The van der Waals surface area contributed by atoms with E-state index >= 15 is 0 Å². The molecule has 2 aromatic heterocycles. The van der Waals surface area contributed by atoms with Gasteiger partial charge in [0.25, 0.3) is 0 Å². The number of H-pyrrole nitrogens is 1. The number of aromatic amines is 1. The van der Waals surface area contributed by atoms with Gasteiger partial charge in [0.2, 0.25) is 5.91 Å². The van der Waals surface area contributed by atoms with Crippen LogP contribution >= 0.6 is 0 Å². The number of aliphatic hydroxyl groups excluding tert-OH is 1. The molecule has 32 heavy (non-hydrogen) atoms. The van der Waals surface area contributed by atoms with E-state index in [0.29, 0.717) is 12.0 Å². The number of rotatable bonds is 7. The molecule has 1 aliphatic carbocycles. The van der Waals surface area contributed by atoms with Crippen molar-refractivity contribution in [1.82, 2.24) is 25.4 Å². The Hall–Kier alpha value is -2.40. The molecule has 1 saturated carbocycles. The number of pyridine rings is 1. The van der Waals surface area contributed by atoms with Gasteiger partial charge in [-0.2, -0.15) is 18.3 Å². The highest BCUT2D eigenvalue weighted by atomic mass is 19.4. The molecule has 0 radical (unpaired) electrons. The summed E-state index contributed by atoms with van der Waals surface area (Å²) >= 11 is 0. The number of aromatic nitrogens is 3. The van der Waals surface area contributed by atoms with E-state index in [0.717, 1.165) is 57.5 Å². The number of nitrogens with one attached hydrogen (secondary N) is 3. The first-order chi connectivity index (χ1) is 15.2. The number of carbonyl (C=O) groups excluding carboxylic acids is 1. The maximum atomic E-state index is 12.9. The average molecular weight is 454 g/mol. The highest BCUT2D eigenvalue weighted by molar-refractivity contribution is 5.90. The standard InChI is InChI=1S/C21H29F3N6O2/c1-2-17(31)12-3-5-15(6-4-12)30-10-14(11-30)27-18(32)9-26-20-16-7-13(21(22,23)24)8-25-19(16)28-29-20/h7-8,12,14-15,17,31H,2-6,9-11H2,1H3,(H,27,32)(H2,25,26,28,29). The molecule has 0 aromatic carbocycles. The lowest BCUT2D eigenvalue weighted by molar-refractivity contribution is -0.137. The van der Waals surface area contributed by atoms with Crippen LogP contribution in [0.2, 0.25) is 0 Å². The molecule has 3 heterocycles. The maximum Gasteiger partial charge on any atom is 0.417 e. The Morgan fingerprint density at radius 3 is 2.69 bits per heavy atom. The maximum absolute atomic E-state index is 12.9. The number of anilines is 1. The number of aliphatic hydroxyl groups is 1. The van der Waals surface area contributed by atoms with Crippen molar-refractivity contribution in [2.45, 2.75) is 63.4 Å². The minimum absolute atomic E-state index is 0.0673. The monoisotopic (exact) mass is 454 g/mol. The van der Waals surface area contributed by atoms with E-state index < -0.39 is 11.7 Å². The average Bonchev–Trinajstić information content (AvgIpc) is 3.16. The van der Waals surface area contributed by atoms with Crippen LogP contribution in [-0.2, 0) is 11.0 Å². The second-order valence-corrected chi connectivity index (χ2v) is 8.81. The van der Waals surface area contributed by atoms with Gasteiger partial charge in [-0.05, 0) is 44.1 Å². The zero-order valence-corrected chi connectivity index (χ0v) is 18.0. The zero-order valence-electron chi connectivity index (χ0n) is 18.0. The van der Waals surface area contributed by atoms with Gasteiger partial charge in [0.15, 0.2) is 11.5 Å². The third-order valence-electron chi connectivity index (χ3n) is 6.66. The summed E-state index contributed by atoms with van der Waals surface area (Å²) in [5.41, 5.74) is -0.650. The summed E-state index contributed by atoms with van der Waals surface area (Å²) in [6.07, 6.45) is 1.08. The second-order valence-electron chi connectivity index (χ2n) is 8.81. The lowest BCUT2D eigenvalue weighted by Crippen LogP contribution is -2.63. The quantitative estimate of drug-likeness (QED) is 0.512. The van der Waals surface area contributed by atoms with Crippen LogP contribution in [0.15, 0.2) is 12.3 Å². The number of hydrogen-bond donors (Lipinski definition) is 4. The van der Waals surface area contributed by atoms with Gasteiger partial charge < -0.3 is 15.7 Å². The van der Waals surface area contributed by atoms with Crippen LogP contribution in [0.1, 0.15) is 44.6 Å². The minimum Gasteiger partial charge on any atom is -0.393 e. The molecular formula is C21H29F3N6O2. The third-order valence-corrected chi connectivity index (χ3v) is 6.66. The molecular weight excluding hydrogens is 425 g/mol. The Balaban J connectivity index is 1.22. The van der Waals surface area contributed by atoms with Crippen molar-refractivity contribution in [1.29, 1.82) is 0 Å². The zero-order chi connectivity index (χ0) is 22.9. The fourth-order valence-corrected chi connectivity index (χ4v) is 4.72. The highest BCUT2D eigenvalue weighted by Crippen LogP contribution is 2.33. The Labute approximate surface area is 184 Å². The first-order valence-corrected chi connectivity index (χ1v) is 11.1. The molecule has 0 bridgehead atoms. The molecule has 0 spiro atoms. The fraction of sp³-hybridized carbons (Fsp3) is 0.667. The third kappa shape index (κ3) is 4.98. The minimum atomic E-state index is -4.50. The smallest absolute Gasteiger partial charge is 0.393 e. The largest absolute Gasteiger partial charge is 0.417 e. The SMILES string of the molecule is CCC(O)C1CCC(N2CC(NC(=O)CNc3n[nH]c4ncc(C(F)(F)F)cc34)C2)CC1. The molecule has 1 aliphatic heterocycles. The Bertz CT molecular complexity index is 935. The molecule has 11 heteroatoms. The van der Waals surface area contributed by atoms with Gasteiger partial charge in [-0.3, -0.25) is 14.8 Å². The predicted molar refractivity (Wildman–Crippen MR) is 113 cm³/mol. The summed E-state index contributed by atoms with van der Waals surface area (Å²) in [7, 11) is 0. The number of amides is 1.